The van der Waals surface area contributed by atoms with Crippen molar-refractivity contribution in [2.75, 3.05) is 0 Å². The third-order valence-corrected chi connectivity index (χ3v) is 2.98. The van der Waals surface area contributed by atoms with E-state index in [2.05, 4.69) is 24.3 Å². The summed E-state index contributed by atoms with van der Waals surface area (Å²) in [7, 11) is 0. The molecule has 0 unspecified atom stereocenters. The monoisotopic (exact) mass is 160 g/mol. The normalized spacial score (nSPS) is 45.7. The molecule has 1 aliphatic carbocycles. The number of epoxide rings is 2. The first-order valence-electron chi connectivity index (χ1n) is 4.35. The molecule has 60 valence electrons. The zero-order valence-corrected chi connectivity index (χ0v) is 6.44. The van der Waals surface area contributed by atoms with E-state index < -0.39 is 0 Å². The van der Waals surface area contributed by atoms with Gasteiger partial charge in [0.2, 0.25) is 0 Å². The summed E-state index contributed by atoms with van der Waals surface area (Å²) in [6.07, 6.45) is 1.46. The van der Waals surface area contributed by atoms with Gasteiger partial charge in [0, 0.05) is 0 Å². The van der Waals surface area contributed by atoms with Gasteiger partial charge in [0.25, 0.3) is 0 Å². The molecule has 2 fully saturated rings. The first-order valence-corrected chi connectivity index (χ1v) is 4.35. The molecule has 1 aromatic carbocycles. The topological polar surface area (TPSA) is 25.1 Å². The molecular formula is C10H8O2. The van der Waals surface area contributed by atoms with Crippen molar-refractivity contribution >= 4 is 0 Å². The van der Waals surface area contributed by atoms with Crippen LogP contribution in [0.2, 0.25) is 0 Å². The fourth-order valence-electron chi connectivity index (χ4n) is 2.28. The van der Waals surface area contributed by atoms with Crippen molar-refractivity contribution in [2.24, 2.45) is 0 Å². The van der Waals surface area contributed by atoms with Gasteiger partial charge in [-0.3, -0.25) is 0 Å². The first-order chi connectivity index (χ1) is 5.95. The molecule has 3 aliphatic rings. The highest BCUT2D eigenvalue weighted by Crippen LogP contribution is 2.60. The van der Waals surface area contributed by atoms with Gasteiger partial charge in [-0.1, -0.05) is 24.3 Å². The van der Waals surface area contributed by atoms with Crippen LogP contribution >= 0.6 is 0 Å². The van der Waals surface area contributed by atoms with E-state index in [-0.39, 0.29) is 0 Å². The Hall–Kier alpha value is -0.860. The van der Waals surface area contributed by atoms with Crippen LogP contribution in [0.4, 0.5) is 0 Å². The number of ether oxygens (including phenoxy) is 2. The maximum Gasteiger partial charge on any atom is 0.118 e. The highest BCUT2D eigenvalue weighted by Gasteiger charge is 2.63. The maximum absolute atomic E-state index is 5.53. The lowest BCUT2D eigenvalue weighted by molar-refractivity contribution is 0.304. The Kier molecular flexibility index (Phi) is 0.755. The van der Waals surface area contributed by atoms with E-state index in [0.717, 1.165) is 0 Å². The quantitative estimate of drug-likeness (QED) is 0.538. The highest BCUT2D eigenvalue weighted by atomic mass is 16.7. The molecule has 0 bridgehead atoms. The fourth-order valence-corrected chi connectivity index (χ4v) is 2.28. The van der Waals surface area contributed by atoms with Gasteiger partial charge in [-0.05, 0) is 11.1 Å². The predicted octanol–water partition coefficient (Wildman–Crippen LogP) is 1.58. The van der Waals surface area contributed by atoms with Gasteiger partial charge in [0.15, 0.2) is 0 Å². The molecule has 0 spiro atoms. The van der Waals surface area contributed by atoms with Gasteiger partial charge in [-0.15, -0.1) is 0 Å². The van der Waals surface area contributed by atoms with E-state index in [1.807, 2.05) is 0 Å². The second-order valence-electron chi connectivity index (χ2n) is 3.67. The van der Waals surface area contributed by atoms with Crippen molar-refractivity contribution in [3.05, 3.63) is 35.4 Å². The molecule has 2 nitrogen and oxygen atoms in total. The molecule has 1 aromatic rings. The molecule has 0 radical (unpaired) electrons. The van der Waals surface area contributed by atoms with Crippen LogP contribution in [0.1, 0.15) is 23.3 Å². The number of hydrogen-bond acceptors (Lipinski definition) is 2. The summed E-state index contributed by atoms with van der Waals surface area (Å²) in [6.45, 7) is 0. The Morgan fingerprint density at radius 1 is 0.833 bits per heavy atom. The average Bonchev–Trinajstić information content (AvgIpc) is 2.98. The summed E-state index contributed by atoms with van der Waals surface area (Å²) in [6, 6.07) is 8.44. The van der Waals surface area contributed by atoms with E-state index in [1.54, 1.807) is 0 Å². The molecule has 0 N–H and O–H groups in total. The van der Waals surface area contributed by atoms with E-state index >= 15 is 0 Å². The first kappa shape index (κ1) is 5.73. The highest BCUT2D eigenvalue weighted by molar-refractivity contribution is 5.42. The van der Waals surface area contributed by atoms with Crippen LogP contribution in [0.3, 0.4) is 0 Å². The molecule has 4 atom stereocenters. The summed E-state index contributed by atoms with van der Waals surface area (Å²) in [5.41, 5.74) is 2.70. The summed E-state index contributed by atoms with van der Waals surface area (Å²) >= 11 is 0. The van der Waals surface area contributed by atoms with E-state index in [9.17, 15) is 0 Å². The van der Waals surface area contributed by atoms with Crippen LogP contribution in [0.25, 0.3) is 0 Å². The third-order valence-electron chi connectivity index (χ3n) is 2.98. The summed E-state index contributed by atoms with van der Waals surface area (Å²) in [5, 5.41) is 0. The lowest BCUT2D eigenvalue weighted by atomic mass is 9.92. The van der Waals surface area contributed by atoms with Gasteiger partial charge >= 0.3 is 0 Å². The Morgan fingerprint density at radius 2 is 1.33 bits per heavy atom. The number of rotatable bonds is 0. The minimum atomic E-state index is 0.352. The molecule has 0 amide bonds. The van der Waals surface area contributed by atoms with Gasteiger partial charge in [0.1, 0.15) is 24.4 Å². The molecule has 4 rings (SSSR count). The number of fused-ring (bicyclic) bond motifs is 6. The lowest BCUT2D eigenvalue weighted by Gasteiger charge is -2.06. The largest absolute Gasteiger partial charge is 0.362 e. The lowest BCUT2D eigenvalue weighted by Crippen LogP contribution is -2.07. The second kappa shape index (κ2) is 1.58. The van der Waals surface area contributed by atoms with Gasteiger partial charge in [0.05, 0.1) is 0 Å². The van der Waals surface area contributed by atoms with Crippen molar-refractivity contribution in [2.45, 2.75) is 24.4 Å². The molecule has 2 aliphatic heterocycles. The van der Waals surface area contributed by atoms with Crippen LogP contribution in [0, 0.1) is 0 Å². The minimum absolute atomic E-state index is 0.352. The van der Waals surface area contributed by atoms with Crippen LogP contribution < -0.4 is 0 Å². The molecule has 2 heteroatoms. The smallest absolute Gasteiger partial charge is 0.118 e. The van der Waals surface area contributed by atoms with Crippen LogP contribution in [-0.2, 0) is 9.47 Å². The Balaban J connectivity index is 1.99. The van der Waals surface area contributed by atoms with E-state index in [0.29, 0.717) is 24.4 Å². The fraction of sp³-hybridized carbons (Fsp3) is 0.400. The standard InChI is InChI=1S/C10H8O2/c1-2-4-6-5(3-1)7-9(11-7)10-8(6)12-10/h1-4,7-10H/t7-,8+,9+,10-. The van der Waals surface area contributed by atoms with Gasteiger partial charge in [-0.2, -0.15) is 0 Å². The van der Waals surface area contributed by atoms with Crippen molar-refractivity contribution in [3.63, 3.8) is 0 Å². The molecule has 12 heavy (non-hydrogen) atoms. The van der Waals surface area contributed by atoms with Crippen LogP contribution in [0.5, 0.6) is 0 Å². The van der Waals surface area contributed by atoms with E-state index in [4.69, 9.17) is 9.47 Å². The Morgan fingerprint density at radius 3 is 1.83 bits per heavy atom. The van der Waals surface area contributed by atoms with Gasteiger partial charge in [-0.25, -0.2) is 0 Å². The van der Waals surface area contributed by atoms with Gasteiger partial charge < -0.3 is 9.47 Å². The van der Waals surface area contributed by atoms with Crippen LogP contribution in [0.15, 0.2) is 24.3 Å². The Bertz CT molecular complexity index is 326. The maximum atomic E-state index is 5.53. The molecule has 0 aromatic heterocycles. The summed E-state index contributed by atoms with van der Waals surface area (Å²) < 4.78 is 11.1. The minimum Gasteiger partial charge on any atom is -0.362 e. The molecule has 0 saturated carbocycles. The second-order valence-corrected chi connectivity index (χ2v) is 3.67. The number of benzene rings is 1. The summed E-state index contributed by atoms with van der Waals surface area (Å²) in [5.74, 6) is 0. The molecule has 2 heterocycles. The summed E-state index contributed by atoms with van der Waals surface area (Å²) in [4.78, 5) is 0. The molecular weight excluding hydrogens is 152 g/mol. The third kappa shape index (κ3) is 0.520. The van der Waals surface area contributed by atoms with Crippen molar-refractivity contribution in [1.82, 2.24) is 0 Å². The van der Waals surface area contributed by atoms with Crippen molar-refractivity contribution < 1.29 is 9.47 Å². The van der Waals surface area contributed by atoms with Crippen molar-refractivity contribution in [1.29, 1.82) is 0 Å². The average molecular weight is 160 g/mol. The van der Waals surface area contributed by atoms with E-state index in [1.165, 1.54) is 11.1 Å². The zero-order valence-electron chi connectivity index (χ0n) is 6.44. The van der Waals surface area contributed by atoms with Crippen LogP contribution in [-0.4, -0.2) is 12.2 Å². The predicted molar refractivity (Wildman–Crippen MR) is 41.7 cm³/mol. The Labute approximate surface area is 70.1 Å². The molecule has 2 saturated heterocycles. The SMILES string of the molecule is c1ccc2c(c1)[C@H]1O[C@@H]1[C@@H]1O[C@@H]21. The number of hydrogen-bond donors (Lipinski definition) is 0. The zero-order chi connectivity index (χ0) is 7.71. The van der Waals surface area contributed by atoms with Crippen molar-refractivity contribution in [3.8, 4) is 0 Å².